The van der Waals surface area contributed by atoms with Gasteiger partial charge in [-0.15, -0.1) is 0 Å². The van der Waals surface area contributed by atoms with Crippen molar-refractivity contribution in [3.05, 3.63) is 24.3 Å². The molecule has 0 heterocycles. The van der Waals surface area contributed by atoms with Gasteiger partial charge in [0.2, 0.25) is 0 Å². The van der Waals surface area contributed by atoms with Crippen molar-refractivity contribution < 1.29 is 21.6 Å². The highest BCUT2D eigenvalue weighted by molar-refractivity contribution is 7.91. The first kappa shape index (κ1) is 16.8. The summed E-state index contributed by atoms with van der Waals surface area (Å²) in [6.45, 7) is 1.47. The third kappa shape index (κ3) is 5.05. The van der Waals surface area contributed by atoms with Crippen LogP contribution in [0.3, 0.4) is 0 Å². The van der Waals surface area contributed by atoms with Crippen molar-refractivity contribution in [1.82, 2.24) is 0 Å². The van der Waals surface area contributed by atoms with E-state index in [-0.39, 0.29) is 21.3 Å². The monoisotopic (exact) mass is 318 g/mol. The van der Waals surface area contributed by atoms with Crippen molar-refractivity contribution in [1.29, 1.82) is 0 Å². The topological polar surface area (TPSA) is 85.3 Å². The summed E-state index contributed by atoms with van der Waals surface area (Å²) in [5.74, 6) is -0.00158. The van der Waals surface area contributed by atoms with Crippen LogP contribution in [0.15, 0.2) is 34.1 Å². The fraction of sp³-hybridized carbons (Fsp3) is 0.462. The summed E-state index contributed by atoms with van der Waals surface area (Å²) in [4.78, 5) is 11.0. The summed E-state index contributed by atoms with van der Waals surface area (Å²) in [5, 5.41) is 0. The van der Waals surface area contributed by atoms with Gasteiger partial charge in [-0.05, 0) is 44.0 Å². The molecule has 0 unspecified atom stereocenters. The van der Waals surface area contributed by atoms with E-state index in [0.717, 1.165) is 6.26 Å². The van der Waals surface area contributed by atoms with E-state index in [4.69, 9.17) is 0 Å². The standard InChI is InChI=1S/C13H18O5S2/c1-11(14)5-3-4-10-20(17,18)13-8-6-12(7-9-13)19(2,15)16/h6-9H,3-5,10H2,1-2H3. The molecule has 0 atom stereocenters. The third-order valence-electron chi connectivity index (χ3n) is 2.80. The molecule has 0 saturated carbocycles. The SMILES string of the molecule is CC(=O)CCCCS(=O)(=O)c1ccc(S(C)(=O)=O)cc1. The van der Waals surface area contributed by atoms with Crippen molar-refractivity contribution in [3.63, 3.8) is 0 Å². The summed E-state index contributed by atoms with van der Waals surface area (Å²) < 4.78 is 46.6. The van der Waals surface area contributed by atoms with Crippen LogP contribution < -0.4 is 0 Å². The molecule has 1 aromatic carbocycles. The number of benzene rings is 1. The maximum atomic E-state index is 12.0. The second-order valence-corrected chi connectivity index (χ2v) is 8.85. The Morgan fingerprint density at radius 2 is 1.45 bits per heavy atom. The minimum atomic E-state index is -3.43. The zero-order valence-corrected chi connectivity index (χ0v) is 13.1. The summed E-state index contributed by atoms with van der Waals surface area (Å²) in [5.41, 5.74) is 0. The lowest BCUT2D eigenvalue weighted by atomic mass is 10.2. The normalized spacial score (nSPS) is 12.3. The van der Waals surface area contributed by atoms with Gasteiger partial charge in [0.25, 0.3) is 0 Å². The van der Waals surface area contributed by atoms with Gasteiger partial charge in [-0.2, -0.15) is 0 Å². The van der Waals surface area contributed by atoms with E-state index in [1.54, 1.807) is 0 Å². The second kappa shape index (κ2) is 6.49. The molecule has 0 spiro atoms. The van der Waals surface area contributed by atoms with Gasteiger partial charge < -0.3 is 4.79 Å². The fourth-order valence-corrected chi connectivity index (χ4v) is 3.68. The van der Waals surface area contributed by atoms with Crippen molar-refractivity contribution in [2.24, 2.45) is 0 Å². The van der Waals surface area contributed by atoms with Crippen LogP contribution in [0.4, 0.5) is 0 Å². The van der Waals surface area contributed by atoms with Gasteiger partial charge in [-0.3, -0.25) is 0 Å². The molecule has 20 heavy (non-hydrogen) atoms. The first-order valence-corrected chi connectivity index (χ1v) is 9.69. The Morgan fingerprint density at radius 3 is 1.90 bits per heavy atom. The van der Waals surface area contributed by atoms with Crippen molar-refractivity contribution in [2.75, 3.05) is 12.0 Å². The number of hydrogen-bond donors (Lipinski definition) is 0. The largest absolute Gasteiger partial charge is 0.300 e. The van der Waals surface area contributed by atoms with E-state index in [2.05, 4.69) is 0 Å². The molecule has 0 saturated heterocycles. The average molecular weight is 318 g/mol. The quantitative estimate of drug-likeness (QED) is 0.713. The highest BCUT2D eigenvalue weighted by Crippen LogP contribution is 2.17. The van der Waals surface area contributed by atoms with Crippen LogP contribution in [0.1, 0.15) is 26.2 Å². The molecule has 5 nitrogen and oxygen atoms in total. The van der Waals surface area contributed by atoms with Gasteiger partial charge in [0.15, 0.2) is 19.7 Å². The van der Waals surface area contributed by atoms with Crippen LogP contribution in [0.25, 0.3) is 0 Å². The average Bonchev–Trinajstić information content (AvgIpc) is 2.34. The number of Topliss-reactive ketones (excluding diaryl/α,β-unsaturated/α-hetero) is 1. The second-order valence-electron chi connectivity index (χ2n) is 4.72. The fourth-order valence-electron chi connectivity index (χ4n) is 1.68. The minimum absolute atomic E-state index is 0.0416. The van der Waals surface area contributed by atoms with E-state index in [9.17, 15) is 21.6 Å². The Labute approximate surface area is 119 Å². The number of ketones is 1. The molecule has 1 rings (SSSR count). The molecule has 0 aliphatic rings. The van der Waals surface area contributed by atoms with Crippen molar-refractivity contribution >= 4 is 25.5 Å². The van der Waals surface area contributed by atoms with Crippen molar-refractivity contribution in [3.8, 4) is 0 Å². The summed E-state index contributed by atoms with van der Waals surface area (Å²) in [6.07, 6.45) is 2.40. The van der Waals surface area contributed by atoms with E-state index in [1.165, 1.54) is 31.2 Å². The van der Waals surface area contributed by atoms with Gasteiger partial charge in [-0.25, -0.2) is 16.8 Å². The molecule has 1 aromatic rings. The smallest absolute Gasteiger partial charge is 0.178 e. The molecule has 0 aromatic heterocycles. The molecule has 0 radical (unpaired) electrons. The van der Waals surface area contributed by atoms with Crippen molar-refractivity contribution in [2.45, 2.75) is 36.0 Å². The molecule has 0 aliphatic carbocycles. The zero-order chi connectivity index (χ0) is 15.4. The lowest BCUT2D eigenvalue weighted by molar-refractivity contribution is -0.117. The maximum Gasteiger partial charge on any atom is 0.178 e. The Morgan fingerprint density at radius 1 is 0.950 bits per heavy atom. The minimum Gasteiger partial charge on any atom is -0.300 e. The van der Waals surface area contributed by atoms with Crippen LogP contribution in [0, 0.1) is 0 Å². The molecule has 7 heteroatoms. The van der Waals surface area contributed by atoms with E-state index in [1.807, 2.05) is 0 Å². The highest BCUT2D eigenvalue weighted by atomic mass is 32.2. The molecule has 0 bridgehead atoms. The molecule has 0 N–H and O–H groups in total. The summed E-state index contributed by atoms with van der Waals surface area (Å²) in [6, 6.07) is 5.18. The third-order valence-corrected chi connectivity index (χ3v) is 5.75. The number of rotatable bonds is 7. The lowest BCUT2D eigenvalue weighted by Crippen LogP contribution is -2.08. The van der Waals surface area contributed by atoms with E-state index in [0.29, 0.717) is 19.3 Å². The summed E-state index contributed by atoms with van der Waals surface area (Å²) in [7, 11) is -6.75. The summed E-state index contributed by atoms with van der Waals surface area (Å²) >= 11 is 0. The van der Waals surface area contributed by atoms with E-state index >= 15 is 0 Å². The van der Waals surface area contributed by atoms with Gasteiger partial charge in [0.1, 0.15) is 5.78 Å². The Hall–Kier alpha value is -1.21. The Bertz CT molecular complexity index is 670. The van der Waals surface area contributed by atoms with Crippen LogP contribution >= 0.6 is 0 Å². The number of unbranched alkanes of at least 4 members (excludes halogenated alkanes) is 1. The molecular weight excluding hydrogens is 300 g/mol. The van der Waals surface area contributed by atoms with Gasteiger partial charge in [0, 0.05) is 12.7 Å². The number of sulfone groups is 2. The Kier molecular flexibility index (Phi) is 5.47. The van der Waals surface area contributed by atoms with Gasteiger partial charge in [-0.1, -0.05) is 0 Å². The highest BCUT2D eigenvalue weighted by Gasteiger charge is 2.15. The molecule has 0 fully saturated rings. The molecule has 0 amide bonds. The number of carbonyl (C=O) groups is 1. The van der Waals surface area contributed by atoms with E-state index < -0.39 is 19.7 Å². The molecule has 0 aliphatic heterocycles. The van der Waals surface area contributed by atoms with Gasteiger partial charge in [0.05, 0.1) is 15.5 Å². The van der Waals surface area contributed by atoms with Crippen LogP contribution in [-0.2, 0) is 24.5 Å². The zero-order valence-electron chi connectivity index (χ0n) is 11.5. The van der Waals surface area contributed by atoms with Crippen LogP contribution in [-0.4, -0.2) is 34.6 Å². The van der Waals surface area contributed by atoms with Crippen LogP contribution in [0.2, 0.25) is 0 Å². The predicted molar refractivity (Wildman–Crippen MR) is 76.1 cm³/mol. The first-order chi connectivity index (χ1) is 9.13. The molecular formula is C13H18O5S2. The van der Waals surface area contributed by atoms with Gasteiger partial charge >= 0.3 is 0 Å². The predicted octanol–water partition coefficient (Wildman–Crippen LogP) is 1.62. The Balaban J connectivity index is 2.76. The maximum absolute atomic E-state index is 12.0. The number of carbonyl (C=O) groups excluding carboxylic acids is 1. The molecule has 112 valence electrons. The van der Waals surface area contributed by atoms with Crippen LogP contribution in [0.5, 0.6) is 0 Å². The lowest BCUT2D eigenvalue weighted by Gasteiger charge is -2.05. The number of hydrogen-bond acceptors (Lipinski definition) is 5. The first-order valence-electron chi connectivity index (χ1n) is 6.15.